The molecule has 0 radical (unpaired) electrons. The number of piperazine rings is 1. The Morgan fingerprint density at radius 2 is 1.88 bits per heavy atom. The summed E-state index contributed by atoms with van der Waals surface area (Å²) < 4.78 is 3.50. The Labute approximate surface area is 230 Å². The lowest BCUT2D eigenvalue weighted by molar-refractivity contribution is -0.139. The van der Waals surface area contributed by atoms with Crippen LogP contribution < -0.4 is 4.90 Å². The maximum Gasteiger partial charge on any atom is 0.299 e. The van der Waals surface area contributed by atoms with Gasteiger partial charge in [-0.2, -0.15) is 15.5 Å². The minimum absolute atomic E-state index is 0.122. The normalized spacial score (nSPS) is 17.6. The van der Waals surface area contributed by atoms with E-state index in [0.717, 1.165) is 45.6 Å². The Hall–Kier alpha value is -5.48. The molecule has 0 aliphatic carbocycles. The molecule has 5 aromatic rings. The Balaban J connectivity index is 1.13. The van der Waals surface area contributed by atoms with Crippen molar-refractivity contribution in [2.45, 2.75) is 18.5 Å². The topological polar surface area (TPSA) is 108 Å². The molecule has 1 amide bonds. The van der Waals surface area contributed by atoms with Gasteiger partial charge in [0.05, 0.1) is 35.6 Å². The van der Waals surface area contributed by atoms with Gasteiger partial charge in [0.25, 0.3) is 5.91 Å². The Kier molecular flexibility index (Phi) is 5.53. The van der Waals surface area contributed by atoms with Gasteiger partial charge in [-0.3, -0.25) is 14.5 Å². The zero-order valence-corrected chi connectivity index (χ0v) is 21.6. The number of aryl methyl sites for hydroxylation is 1. The zero-order chi connectivity index (χ0) is 27.2. The minimum Gasteiger partial charge on any atom is -0.352 e. The Bertz CT molecular complexity index is 1840. The van der Waals surface area contributed by atoms with Crippen molar-refractivity contribution in [2.75, 3.05) is 18.0 Å². The smallest absolute Gasteiger partial charge is 0.299 e. The number of rotatable bonds is 3. The highest BCUT2D eigenvalue weighted by Gasteiger charge is 2.47. The second kappa shape index (κ2) is 9.37. The largest absolute Gasteiger partial charge is 0.352 e. The molecule has 194 valence electrons. The van der Waals surface area contributed by atoms with Crippen LogP contribution in [0, 0.1) is 23.2 Å². The average molecular weight is 526 g/mol. The van der Waals surface area contributed by atoms with E-state index in [1.807, 2.05) is 48.7 Å². The summed E-state index contributed by atoms with van der Waals surface area (Å²) >= 11 is 0. The molecule has 3 saturated heterocycles. The lowest BCUT2D eigenvalue weighted by Gasteiger charge is -2.55. The molecule has 3 aliphatic rings. The molecule has 2 unspecified atom stereocenters. The number of pyridine rings is 3. The minimum atomic E-state index is -0.139. The van der Waals surface area contributed by atoms with E-state index in [1.54, 1.807) is 40.1 Å². The van der Waals surface area contributed by atoms with Crippen LogP contribution in [0.1, 0.15) is 17.5 Å². The van der Waals surface area contributed by atoms with Crippen molar-refractivity contribution in [1.29, 1.82) is 5.26 Å². The van der Waals surface area contributed by atoms with Crippen LogP contribution in [0.15, 0.2) is 73.7 Å². The molecule has 5 aromatic heterocycles. The van der Waals surface area contributed by atoms with Crippen molar-refractivity contribution in [3.63, 3.8) is 0 Å². The maximum atomic E-state index is 12.8. The lowest BCUT2D eigenvalue weighted by atomic mass is 9.87. The summed E-state index contributed by atoms with van der Waals surface area (Å²) in [4.78, 5) is 25.7. The van der Waals surface area contributed by atoms with E-state index in [2.05, 4.69) is 44.1 Å². The van der Waals surface area contributed by atoms with E-state index < -0.39 is 0 Å². The van der Waals surface area contributed by atoms with Gasteiger partial charge in [0.15, 0.2) is 0 Å². The van der Waals surface area contributed by atoms with Crippen LogP contribution >= 0.6 is 0 Å². The SMILES string of the molecule is Cn1cc(-c2cc(-c3ccc(N4CC5CC(C4)N5C(=O)C#Cc4cccnc4)nc3)c3c(C#N)cnn3c2)cn1. The summed E-state index contributed by atoms with van der Waals surface area (Å²) in [5.41, 5.74) is 5.64. The molecule has 10 heteroatoms. The number of nitrogens with zero attached hydrogens (tertiary/aromatic N) is 9. The van der Waals surface area contributed by atoms with E-state index in [9.17, 15) is 10.1 Å². The fourth-order valence-electron chi connectivity index (χ4n) is 5.64. The molecule has 0 aromatic carbocycles. The van der Waals surface area contributed by atoms with Gasteiger partial charge in [0.2, 0.25) is 0 Å². The molecule has 2 atom stereocenters. The van der Waals surface area contributed by atoms with E-state index in [1.165, 1.54) is 0 Å². The van der Waals surface area contributed by atoms with Crippen LogP contribution in [0.25, 0.3) is 27.8 Å². The summed E-state index contributed by atoms with van der Waals surface area (Å²) in [5, 5.41) is 18.4. The van der Waals surface area contributed by atoms with Crippen LogP contribution in [-0.4, -0.2) is 65.3 Å². The van der Waals surface area contributed by atoms with E-state index >= 15 is 0 Å². The van der Waals surface area contributed by atoms with Crippen LogP contribution in [0.2, 0.25) is 0 Å². The number of carbonyl (C=O) groups is 1. The van der Waals surface area contributed by atoms with Gasteiger partial charge >= 0.3 is 0 Å². The fraction of sp³-hybridized carbons (Fsp3) is 0.200. The van der Waals surface area contributed by atoms with Gasteiger partial charge in [0.1, 0.15) is 11.9 Å². The first-order valence-electron chi connectivity index (χ1n) is 12.9. The van der Waals surface area contributed by atoms with Crippen LogP contribution in [0.4, 0.5) is 5.82 Å². The summed E-state index contributed by atoms with van der Waals surface area (Å²) in [5.74, 6) is 6.42. The first-order chi connectivity index (χ1) is 19.6. The number of anilines is 1. The molecular formula is C30H23N9O. The van der Waals surface area contributed by atoms with Gasteiger partial charge in [-0.15, -0.1) is 0 Å². The molecule has 8 heterocycles. The third kappa shape index (κ3) is 4.03. The Morgan fingerprint density at radius 1 is 1.00 bits per heavy atom. The van der Waals surface area contributed by atoms with Gasteiger partial charge in [-0.05, 0) is 36.8 Å². The molecule has 3 fully saturated rings. The number of carbonyl (C=O) groups excluding carboxylic acids is 1. The maximum absolute atomic E-state index is 12.8. The standard InChI is InChI=1S/C30H23N9O/c1-36-16-24(15-34-36)22-9-27(30-23(11-31)14-35-38(30)17-22)21-5-6-28(33-13-21)37-18-25-10-26(19-37)39(25)29(40)7-4-20-3-2-8-32-12-20/h2-3,5-6,8-9,12-17,25-26H,10,18-19H2,1H3. The summed E-state index contributed by atoms with van der Waals surface area (Å²) in [6, 6.07) is 12.2. The summed E-state index contributed by atoms with van der Waals surface area (Å²) in [6.07, 6.45) is 13.4. The molecule has 10 nitrogen and oxygen atoms in total. The molecule has 3 aliphatic heterocycles. The predicted molar refractivity (Wildman–Crippen MR) is 148 cm³/mol. The van der Waals surface area contributed by atoms with Gasteiger partial charge in [0, 0.05) is 84.9 Å². The zero-order valence-electron chi connectivity index (χ0n) is 21.6. The van der Waals surface area contributed by atoms with E-state index in [4.69, 9.17) is 4.98 Å². The van der Waals surface area contributed by atoms with Crippen molar-refractivity contribution in [2.24, 2.45) is 7.05 Å². The summed E-state index contributed by atoms with van der Waals surface area (Å²) in [7, 11) is 1.88. The highest BCUT2D eigenvalue weighted by Crippen LogP contribution is 2.36. The highest BCUT2D eigenvalue weighted by atomic mass is 16.2. The number of hydrogen-bond donors (Lipinski definition) is 0. The fourth-order valence-corrected chi connectivity index (χ4v) is 5.64. The molecular weight excluding hydrogens is 502 g/mol. The average Bonchev–Trinajstić information content (AvgIpc) is 3.62. The second-order valence-corrected chi connectivity index (χ2v) is 10.1. The lowest BCUT2D eigenvalue weighted by Crippen LogP contribution is -2.70. The number of hydrogen-bond acceptors (Lipinski definition) is 7. The predicted octanol–water partition coefficient (Wildman–Crippen LogP) is 2.90. The molecule has 0 N–H and O–H groups in total. The number of piperidine rings is 1. The first kappa shape index (κ1) is 23.6. The van der Waals surface area contributed by atoms with Gasteiger partial charge < -0.3 is 9.80 Å². The van der Waals surface area contributed by atoms with Crippen molar-refractivity contribution < 1.29 is 4.79 Å². The van der Waals surface area contributed by atoms with E-state index in [-0.39, 0.29) is 18.0 Å². The number of amides is 1. The third-order valence-electron chi connectivity index (χ3n) is 7.56. The van der Waals surface area contributed by atoms with Gasteiger partial charge in [-0.1, -0.05) is 5.92 Å². The summed E-state index contributed by atoms with van der Waals surface area (Å²) in [6.45, 7) is 1.43. The van der Waals surface area contributed by atoms with Crippen LogP contribution in [0.3, 0.4) is 0 Å². The number of aromatic nitrogens is 6. The molecule has 8 rings (SSSR count). The second-order valence-electron chi connectivity index (χ2n) is 10.1. The third-order valence-corrected chi connectivity index (χ3v) is 7.56. The first-order valence-corrected chi connectivity index (χ1v) is 12.9. The van der Waals surface area contributed by atoms with Crippen molar-refractivity contribution in [3.05, 3.63) is 84.8 Å². The van der Waals surface area contributed by atoms with Gasteiger partial charge in [-0.25, -0.2) is 9.50 Å². The molecule has 0 saturated carbocycles. The molecule has 40 heavy (non-hydrogen) atoms. The van der Waals surface area contributed by atoms with Crippen LogP contribution in [0.5, 0.6) is 0 Å². The van der Waals surface area contributed by atoms with Crippen molar-refractivity contribution >= 4 is 17.2 Å². The Morgan fingerprint density at radius 3 is 2.58 bits per heavy atom. The monoisotopic (exact) mass is 525 g/mol. The van der Waals surface area contributed by atoms with Crippen molar-refractivity contribution in [3.8, 4) is 40.2 Å². The number of nitriles is 1. The molecule has 0 spiro atoms. The quantitative estimate of drug-likeness (QED) is 0.333. The number of fused-ring (bicyclic) bond motifs is 3. The highest BCUT2D eigenvalue weighted by molar-refractivity contribution is 5.95. The van der Waals surface area contributed by atoms with Crippen molar-refractivity contribution in [1.82, 2.24) is 34.3 Å². The van der Waals surface area contributed by atoms with Crippen LogP contribution in [-0.2, 0) is 11.8 Å². The van der Waals surface area contributed by atoms with E-state index in [0.29, 0.717) is 18.7 Å². The molecule has 2 bridgehead atoms.